The second kappa shape index (κ2) is 8.35. The van der Waals surface area contributed by atoms with Gasteiger partial charge in [-0.25, -0.2) is 9.97 Å². The zero-order chi connectivity index (χ0) is 18.5. The van der Waals surface area contributed by atoms with Crippen molar-refractivity contribution in [1.29, 1.82) is 0 Å². The Kier molecular flexibility index (Phi) is 5.48. The Labute approximate surface area is 159 Å². The van der Waals surface area contributed by atoms with Crippen LogP contribution in [0.5, 0.6) is 0 Å². The smallest absolute Gasteiger partial charge is 0.275 e. The minimum Gasteiger partial charge on any atom is -0.376 e. The monoisotopic (exact) mass is 367 g/mol. The number of nitrogens with zero attached hydrogens (tertiary/aromatic N) is 3. The van der Waals surface area contributed by atoms with E-state index in [0.29, 0.717) is 18.1 Å². The van der Waals surface area contributed by atoms with Crippen molar-refractivity contribution in [2.45, 2.75) is 31.8 Å². The van der Waals surface area contributed by atoms with Crippen LogP contribution in [-0.4, -0.2) is 48.2 Å². The first-order valence-electron chi connectivity index (χ1n) is 9.62. The fraction of sp³-hybridized carbons (Fsp3) is 0.450. The number of hydrogen-bond donors (Lipinski definition) is 2. The maximum Gasteiger partial charge on any atom is 0.275 e. The number of hydrogen-bond acceptors (Lipinski definition) is 6. The van der Waals surface area contributed by atoms with Gasteiger partial charge in [0.05, 0.1) is 18.5 Å². The van der Waals surface area contributed by atoms with Crippen molar-refractivity contribution in [3.63, 3.8) is 0 Å². The summed E-state index contributed by atoms with van der Waals surface area (Å²) in [6.45, 7) is 3.75. The summed E-state index contributed by atoms with van der Waals surface area (Å²) in [5.74, 6) is 0.388. The fourth-order valence-corrected chi connectivity index (χ4v) is 3.49. The van der Waals surface area contributed by atoms with Crippen molar-refractivity contribution in [2.75, 3.05) is 41.8 Å². The fourth-order valence-electron chi connectivity index (χ4n) is 3.49. The average Bonchev–Trinajstić information content (AvgIpc) is 3.41. The van der Waals surface area contributed by atoms with Gasteiger partial charge in [0.2, 0.25) is 0 Å². The molecule has 2 aromatic rings. The van der Waals surface area contributed by atoms with E-state index in [2.05, 4.69) is 25.5 Å². The molecule has 2 aliphatic rings. The Morgan fingerprint density at radius 3 is 2.59 bits per heavy atom. The molecule has 0 saturated carbocycles. The third-order valence-corrected chi connectivity index (χ3v) is 5.02. The first kappa shape index (κ1) is 17.7. The van der Waals surface area contributed by atoms with Crippen LogP contribution in [0.2, 0.25) is 0 Å². The summed E-state index contributed by atoms with van der Waals surface area (Å²) < 4.78 is 5.57. The molecule has 27 heavy (non-hydrogen) atoms. The van der Waals surface area contributed by atoms with Gasteiger partial charge in [0, 0.05) is 37.6 Å². The molecule has 1 amide bonds. The molecule has 3 heterocycles. The lowest BCUT2D eigenvalue weighted by Crippen LogP contribution is -2.20. The lowest BCUT2D eigenvalue weighted by atomic mass is 10.2. The van der Waals surface area contributed by atoms with Gasteiger partial charge in [-0.3, -0.25) is 4.79 Å². The minimum atomic E-state index is -0.262. The standard InChI is InChI=1S/C20H25N5O2/c26-20(24-15-5-7-16(8-6-15)25-9-1-2-10-25)18-13-23-19(14-21-18)22-12-17-4-3-11-27-17/h5-8,13-14,17H,1-4,9-12H2,(H,22,23)(H,24,26). The molecular weight excluding hydrogens is 342 g/mol. The summed E-state index contributed by atoms with van der Waals surface area (Å²) in [5.41, 5.74) is 2.25. The number of carbonyl (C=O) groups is 1. The molecule has 2 fully saturated rings. The van der Waals surface area contributed by atoms with Gasteiger partial charge >= 0.3 is 0 Å². The molecule has 7 heteroatoms. The van der Waals surface area contributed by atoms with E-state index in [-0.39, 0.29) is 12.0 Å². The number of anilines is 3. The lowest BCUT2D eigenvalue weighted by molar-refractivity contribution is 0.102. The molecule has 2 N–H and O–H groups in total. The Morgan fingerprint density at radius 1 is 1.11 bits per heavy atom. The highest BCUT2D eigenvalue weighted by Gasteiger charge is 2.16. The highest BCUT2D eigenvalue weighted by Crippen LogP contribution is 2.22. The number of amides is 1. The predicted molar refractivity (Wildman–Crippen MR) is 105 cm³/mol. The van der Waals surface area contributed by atoms with Crippen molar-refractivity contribution in [3.8, 4) is 0 Å². The van der Waals surface area contributed by atoms with Crippen LogP contribution < -0.4 is 15.5 Å². The molecule has 7 nitrogen and oxygen atoms in total. The maximum atomic E-state index is 12.4. The molecule has 0 spiro atoms. The normalized spacial score (nSPS) is 19.3. The van der Waals surface area contributed by atoms with Crippen LogP contribution in [0.25, 0.3) is 0 Å². The second-order valence-corrected chi connectivity index (χ2v) is 7.00. The molecule has 0 radical (unpaired) electrons. The SMILES string of the molecule is O=C(Nc1ccc(N2CCCC2)cc1)c1cnc(NCC2CCCO2)cn1. The minimum absolute atomic E-state index is 0.235. The van der Waals surface area contributed by atoms with Crippen molar-refractivity contribution < 1.29 is 9.53 Å². The lowest BCUT2D eigenvalue weighted by Gasteiger charge is -2.17. The van der Waals surface area contributed by atoms with Gasteiger partial charge in [-0.15, -0.1) is 0 Å². The van der Waals surface area contributed by atoms with E-state index >= 15 is 0 Å². The Morgan fingerprint density at radius 2 is 1.93 bits per heavy atom. The van der Waals surface area contributed by atoms with Gasteiger partial charge in [-0.05, 0) is 49.9 Å². The van der Waals surface area contributed by atoms with Gasteiger partial charge in [-0.2, -0.15) is 0 Å². The molecular formula is C20H25N5O2. The first-order valence-corrected chi connectivity index (χ1v) is 9.62. The van der Waals surface area contributed by atoms with Crippen molar-refractivity contribution in [2.24, 2.45) is 0 Å². The second-order valence-electron chi connectivity index (χ2n) is 7.00. The van der Waals surface area contributed by atoms with Crippen molar-refractivity contribution in [3.05, 3.63) is 42.4 Å². The van der Waals surface area contributed by atoms with E-state index in [4.69, 9.17) is 4.74 Å². The number of nitrogens with one attached hydrogen (secondary N) is 2. The summed E-state index contributed by atoms with van der Waals surface area (Å²) in [6.07, 6.45) is 7.98. The number of rotatable bonds is 6. The van der Waals surface area contributed by atoms with E-state index < -0.39 is 0 Å². The third kappa shape index (κ3) is 4.54. The third-order valence-electron chi connectivity index (χ3n) is 5.02. The van der Waals surface area contributed by atoms with E-state index in [9.17, 15) is 4.79 Å². The molecule has 0 bridgehead atoms. The number of benzene rings is 1. The molecule has 1 aromatic carbocycles. The molecule has 2 aliphatic heterocycles. The number of aromatic nitrogens is 2. The van der Waals surface area contributed by atoms with Gasteiger partial charge in [-0.1, -0.05) is 0 Å². The van der Waals surface area contributed by atoms with Gasteiger partial charge in [0.25, 0.3) is 5.91 Å². The van der Waals surface area contributed by atoms with Crippen LogP contribution >= 0.6 is 0 Å². The molecule has 0 aliphatic carbocycles. The van der Waals surface area contributed by atoms with Crippen LogP contribution in [-0.2, 0) is 4.74 Å². The van der Waals surface area contributed by atoms with E-state index in [0.717, 1.165) is 38.2 Å². The van der Waals surface area contributed by atoms with Crippen LogP contribution in [0.1, 0.15) is 36.2 Å². The molecule has 1 atom stereocenters. The average molecular weight is 367 g/mol. The van der Waals surface area contributed by atoms with E-state index in [1.165, 1.54) is 24.7 Å². The maximum absolute atomic E-state index is 12.4. The predicted octanol–water partition coefficient (Wildman–Crippen LogP) is 2.92. The Balaban J connectivity index is 1.30. The van der Waals surface area contributed by atoms with Crippen LogP contribution in [0, 0.1) is 0 Å². The van der Waals surface area contributed by atoms with Gasteiger partial charge < -0.3 is 20.3 Å². The van der Waals surface area contributed by atoms with Crippen molar-refractivity contribution in [1.82, 2.24) is 9.97 Å². The molecule has 1 unspecified atom stereocenters. The van der Waals surface area contributed by atoms with Crippen molar-refractivity contribution >= 4 is 23.1 Å². The Bertz CT molecular complexity index is 751. The highest BCUT2D eigenvalue weighted by atomic mass is 16.5. The number of ether oxygens (including phenoxy) is 1. The summed E-state index contributed by atoms with van der Waals surface area (Å²) in [4.78, 5) is 23.2. The highest BCUT2D eigenvalue weighted by molar-refractivity contribution is 6.02. The van der Waals surface area contributed by atoms with E-state index in [1.54, 1.807) is 6.20 Å². The topological polar surface area (TPSA) is 79.4 Å². The molecule has 2 saturated heterocycles. The zero-order valence-corrected chi connectivity index (χ0v) is 15.4. The molecule has 4 rings (SSSR count). The van der Waals surface area contributed by atoms with Crippen LogP contribution in [0.3, 0.4) is 0 Å². The van der Waals surface area contributed by atoms with Crippen LogP contribution in [0.4, 0.5) is 17.2 Å². The largest absolute Gasteiger partial charge is 0.376 e. The van der Waals surface area contributed by atoms with Gasteiger partial charge in [0.1, 0.15) is 11.5 Å². The van der Waals surface area contributed by atoms with E-state index in [1.807, 2.05) is 24.3 Å². The quantitative estimate of drug-likeness (QED) is 0.817. The molecule has 1 aromatic heterocycles. The van der Waals surface area contributed by atoms with Crippen LogP contribution in [0.15, 0.2) is 36.7 Å². The summed E-state index contributed by atoms with van der Waals surface area (Å²) >= 11 is 0. The summed E-state index contributed by atoms with van der Waals surface area (Å²) in [5, 5.41) is 6.07. The van der Waals surface area contributed by atoms with Gasteiger partial charge in [0.15, 0.2) is 0 Å². The summed E-state index contributed by atoms with van der Waals surface area (Å²) in [6, 6.07) is 7.95. The molecule has 142 valence electrons. The Hall–Kier alpha value is -2.67. The summed E-state index contributed by atoms with van der Waals surface area (Å²) in [7, 11) is 0. The number of carbonyl (C=O) groups excluding carboxylic acids is 1. The first-order chi connectivity index (χ1) is 13.3. The zero-order valence-electron chi connectivity index (χ0n) is 15.4.